The quantitative estimate of drug-likeness (QED) is 0.664. The van der Waals surface area contributed by atoms with Gasteiger partial charge in [-0.2, -0.15) is 0 Å². The second kappa shape index (κ2) is 3.49. The molecule has 82 valence electrons. The minimum atomic E-state index is 0.653. The standard InChI is InChI=1S/C12H24N2/c1-5-13-7-6-12(8-13)9-14(10(2)3)11(12)4/h10-11H,5-9H2,1-4H3. The molecule has 0 amide bonds. The summed E-state index contributed by atoms with van der Waals surface area (Å²) in [5.41, 5.74) is 0.653. The molecule has 2 heterocycles. The predicted molar refractivity (Wildman–Crippen MR) is 60.5 cm³/mol. The average Bonchev–Trinajstić information content (AvgIpc) is 2.59. The zero-order chi connectivity index (χ0) is 10.3. The smallest absolute Gasteiger partial charge is 0.0151 e. The van der Waals surface area contributed by atoms with Crippen LogP contribution in [0.2, 0.25) is 0 Å². The molecule has 2 atom stereocenters. The van der Waals surface area contributed by atoms with Crippen LogP contribution in [0.3, 0.4) is 0 Å². The molecule has 0 bridgehead atoms. The van der Waals surface area contributed by atoms with Gasteiger partial charge in [0.2, 0.25) is 0 Å². The zero-order valence-corrected chi connectivity index (χ0v) is 10.1. The predicted octanol–water partition coefficient (Wildman–Crippen LogP) is 1.81. The Kier molecular flexibility index (Phi) is 2.61. The molecular formula is C12H24N2. The molecular weight excluding hydrogens is 172 g/mol. The van der Waals surface area contributed by atoms with Gasteiger partial charge in [-0.1, -0.05) is 6.92 Å². The van der Waals surface area contributed by atoms with Crippen molar-refractivity contribution in [1.82, 2.24) is 9.80 Å². The Bertz CT molecular complexity index is 214. The van der Waals surface area contributed by atoms with Gasteiger partial charge in [0.25, 0.3) is 0 Å². The Morgan fingerprint density at radius 3 is 2.50 bits per heavy atom. The van der Waals surface area contributed by atoms with E-state index in [1.165, 1.54) is 32.6 Å². The van der Waals surface area contributed by atoms with Gasteiger partial charge in [-0.05, 0) is 40.3 Å². The highest BCUT2D eigenvalue weighted by Crippen LogP contribution is 2.45. The Balaban J connectivity index is 1.96. The molecule has 2 unspecified atom stereocenters. The van der Waals surface area contributed by atoms with E-state index in [0.29, 0.717) is 5.41 Å². The first kappa shape index (κ1) is 10.4. The van der Waals surface area contributed by atoms with Crippen molar-refractivity contribution in [2.24, 2.45) is 5.41 Å². The van der Waals surface area contributed by atoms with Gasteiger partial charge in [0.1, 0.15) is 0 Å². The minimum absolute atomic E-state index is 0.653. The van der Waals surface area contributed by atoms with Gasteiger partial charge in [-0.15, -0.1) is 0 Å². The topological polar surface area (TPSA) is 6.48 Å². The molecule has 2 fully saturated rings. The van der Waals surface area contributed by atoms with E-state index in [0.717, 1.165) is 12.1 Å². The molecule has 0 radical (unpaired) electrons. The second-order valence-electron chi connectivity index (χ2n) is 5.42. The van der Waals surface area contributed by atoms with E-state index in [4.69, 9.17) is 0 Å². The number of hydrogen-bond acceptors (Lipinski definition) is 2. The van der Waals surface area contributed by atoms with Gasteiger partial charge in [0.15, 0.2) is 0 Å². The van der Waals surface area contributed by atoms with Crippen molar-refractivity contribution >= 4 is 0 Å². The van der Waals surface area contributed by atoms with Gasteiger partial charge < -0.3 is 4.90 Å². The molecule has 0 aliphatic carbocycles. The van der Waals surface area contributed by atoms with E-state index >= 15 is 0 Å². The van der Waals surface area contributed by atoms with E-state index in [1.54, 1.807) is 0 Å². The molecule has 0 aromatic heterocycles. The molecule has 2 rings (SSSR count). The lowest BCUT2D eigenvalue weighted by molar-refractivity contribution is -0.0763. The van der Waals surface area contributed by atoms with Crippen LogP contribution in [0.15, 0.2) is 0 Å². The van der Waals surface area contributed by atoms with Crippen molar-refractivity contribution in [3.05, 3.63) is 0 Å². The van der Waals surface area contributed by atoms with Gasteiger partial charge >= 0.3 is 0 Å². The molecule has 14 heavy (non-hydrogen) atoms. The summed E-state index contributed by atoms with van der Waals surface area (Å²) >= 11 is 0. The molecule has 2 heteroatoms. The Morgan fingerprint density at radius 1 is 1.36 bits per heavy atom. The van der Waals surface area contributed by atoms with Crippen LogP contribution in [0.25, 0.3) is 0 Å². The first-order chi connectivity index (χ1) is 6.59. The lowest BCUT2D eigenvalue weighted by Gasteiger charge is -2.56. The summed E-state index contributed by atoms with van der Waals surface area (Å²) in [5, 5.41) is 0. The van der Waals surface area contributed by atoms with Crippen molar-refractivity contribution in [3.63, 3.8) is 0 Å². The van der Waals surface area contributed by atoms with Crippen molar-refractivity contribution in [1.29, 1.82) is 0 Å². The number of hydrogen-bond donors (Lipinski definition) is 0. The summed E-state index contributed by atoms with van der Waals surface area (Å²) in [4.78, 5) is 5.24. The lowest BCUT2D eigenvalue weighted by Crippen LogP contribution is -2.66. The second-order valence-corrected chi connectivity index (χ2v) is 5.42. The molecule has 0 N–H and O–H groups in total. The maximum Gasteiger partial charge on any atom is 0.0151 e. The van der Waals surface area contributed by atoms with Crippen molar-refractivity contribution in [2.75, 3.05) is 26.2 Å². The molecule has 0 aromatic carbocycles. The summed E-state index contributed by atoms with van der Waals surface area (Å²) in [6.07, 6.45) is 1.42. The largest absolute Gasteiger partial charge is 0.303 e. The number of likely N-dealkylation sites (tertiary alicyclic amines) is 2. The highest BCUT2D eigenvalue weighted by Gasteiger charge is 2.53. The molecule has 0 aromatic rings. The van der Waals surface area contributed by atoms with Crippen LogP contribution in [0, 0.1) is 5.41 Å². The summed E-state index contributed by atoms with van der Waals surface area (Å²) in [6, 6.07) is 1.53. The maximum atomic E-state index is 2.64. The number of nitrogens with zero attached hydrogens (tertiary/aromatic N) is 2. The first-order valence-electron chi connectivity index (χ1n) is 6.07. The van der Waals surface area contributed by atoms with Crippen LogP contribution in [-0.4, -0.2) is 48.1 Å². The Morgan fingerprint density at radius 2 is 2.07 bits per heavy atom. The maximum absolute atomic E-state index is 2.64. The van der Waals surface area contributed by atoms with E-state index < -0.39 is 0 Å². The third kappa shape index (κ3) is 1.40. The van der Waals surface area contributed by atoms with Crippen LogP contribution in [0.1, 0.15) is 34.1 Å². The fraction of sp³-hybridized carbons (Fsp3) is 1.00. The van der Waals surface area contributed by atoms with Gasteiger partial charge in [-0.25, -0.2) is 0 Å². The average molecular weight is 196 g/mol. The lowest BCUT2D eigenvalue weighted by atomic mass is 9.71. The molecule has 0 saturated carbocycles. The van der Waals surface area contributed by atoms with Crippen molar-refractivity contribution in [3.8, 4) is 0 Å². The SMILES string of the molecule is CCN1CCC2(C1)CN(C(C)C)C2C. The molecule has 2 aliphatic heterocycles. The summed E-state index contributed by atoms with van der Waals surface area (Å²) < 4.78 is 0. The van der Waals surface area contributed by atoms with Gasteiger partial charge in [0, 0.05) is 30.6 Å². The molecule has 1 spiro atoms. The third-order valence-electron chi connectivity index (χ3n) is 4.46. The summed E-state index contributed by atoms with van der Waals surface area (Å²) in [5.74, 6) is 0. The van der Waals surface area contributed by atoms with E-state index in [1.807, 2.05) is 0 Å². The first-order valence-corrected chi connectivity index (χ1v) is 6.07. The highest BCUT2D eigenvalue weighted by molar-refractivity contribution is 5.07. The van der Waals surface area contributed by atoms with Gasteiger partial charge in [-0.3, -0.25) is 4.90 Å². The molecule has 2 nitrogen and oxygen atoms in total. The number of rotatable bonds is 2. The van der Waals surface area contributed by atoms with Crippen LogP contribution in [0.4, 0.5) is 0 Å². The molecule has 2 aliphatic rings. The van der Waals surface area contributed by atoms with Crippen LogP contribution >= 0.6 is 0 Å². The zero-order valence-electron chi connectivity index (χ0n) is 10.1. The van der Waals surface area contributed by atoms with E-state index in [2.05, 4.69) is 37.5 Å². The van der Waals surface area contributed by atoms with Crippen LogP contribution < -0.4 is 0 Å². The van der Waals surface area contributed by atoms with Crippen LogP contribution in [0.5, 0.6) is 0 Å². The summed E-state index contributed by atoms with van der Waals surface area (Å²) in [7, 11) is 0. The van der Waals surface area contributed by atoms with Crippen molar-refractivity contribution < 1.29 is 0 Å². The monoisotopic (exact) mass is 196 g/mol. The Labute approximate surface area is 88.3 Å². The Hall–Kier alpha value is -0.0800. The third-order valence-corrected chi connectivity index (χ3v) is 4.46. The van der Waals surface area contributed by atoms with Crippen LogP contribution in [-0.2, 0) is 0 Å². The minimum Gasteiger partial charge on any atom is -0.303 e. The van der Waals surface area contributed by atoms with Gasteiger partial charge in [0.05, 0.1) is 0 Å². The van der Waals surface area contributed by atoms with Crippen molar-refractivity contribution in [2.45, 2.75) is 46.2 Å². The normalized spacial score (nSPS) is 39.6. The summed E-state index contributed by atoms with van der Waals surface area (Å²) in [6.45, 7) is 14.6. The fourth-order valence-electron chi connectivity index (χ4n) is 3.23. The molecule has 2 saturated heterocycles. The highest BCUT2D eigenvalue weighted by atomic mass is 15.3. The van der Waals surface area contributed by atoms with E-state index in [9.17, 15) is 0 Å². The fourth-order valence-corrected chi connectivity index (χ4v) is 3.23. The van der Waals surface area contributed by atoms with E-state index in [-0.39, 0.29) is 0 Å².